The molecule has 0 amide bonds. The van der Waals surface area contributed by atoms with Crippen LogP contribution in [0.2, 0.25) is 0 Å². The third-order valence-corrected chi connectivity index (χ3v) is 9.96. The van der Waals surface area contributed by atoms with E-state index in [-0.39, 0.29) is 0 Å². The van der Waals surface area contributed by atoms with Crippen LogP contribution in [-0.2, 0) is 24.1 Å². The van der Waals surface area contributed by atoms with Gasteiger partial charge in [0.05, 0.1) is 0 Å². The average molecular weight is 684 g/mol. The van der Waals surface area contributed by atoms with Gasteiger partial charge in [-0.1, -0.05) is 153 Å². The fourth-order valence-electron chi connectivity index (χ4n) is 7.13. The van der Waals surface area contributed by atoms with Crippen LogP contribution in [0, 0.1) is 11.3 Å². The quantitative estimate of drug-likeness (QED) is 0.130. The van der Waals surface area contributed by atoms with Crippen LogP contribution < -0.4 is 0 Å². The van der Waals surface area contributed by atoms with Gasteiger partial charge in [-0.3, -0.25) is 0 Å². The molecule has 8 heteroatoms. The first-order valence-electron chi connectivity index (χ1n) is 17.8. The van der Waals surface area contributed by atoms with Gasteiger partial charge >= 0.3 is 0 Å². The Morgan fingerprint density at radius 2 is 1.25 bits per heavy atom. The number of nitriles is 1. The smallest absolute Gasteiger partial charge is 0.184 e. The van der Waals surface area contributed by atoms with Crippen molar-refractivity contribution in [1.82, 2.24) is 29.8 Å². The number of tetrazole rings is 1. The molecule has 7 aromatic rings. The van der Waals surface area contributed by atoms with Crippen molar-refractivity contribution in [3.05, 3.63) is 179 Å². The summed E-state index contributed by atoms with van der Waals surface area (Å²) in [6.45, 7) is 6.19. The van der Waals surface area contributed by atoms with E-state index in [1.807, 2.05) is 46.5 Å². The molecule has 2 aromatic heterocycles. The lowest BCUT2D eigenvalue weighted by molar-refractivity contribution is 0.0484. The first-order chi connectivity index (χ1) is 25.4. The fraction of sp³-hybridized carbons (Fsp3) is 0.205. The van der Waals surface area contributed by atoms with Gasteiger partial charge in [-0.05, 0) is 63.6 Å². The number of nitrogens with zero attached hydrogens (tertiary/aromatic N) is 7. The number of imidazole rings is 1. The molecule has 1 unspecified atom stereocenters. The molecular weight excluding hydrogens is 643 g/mol. The van der Waals surface area contributed by atoms with Gasteiger partial charge in [0.2, 0.25) is 0 Å². The maximum atomic E-state index is 11.1. The van der Waals surface area contributed by atoms with Crippen LogP contribution in [0.15, 0.2) is 140 Å². The molecule has 7 rings (SSSR count). The summed E-state index contributed by atoms with van der Waals surface area (Å²) in [7, 11) is 0. The molecule has 5 aromatic carbocycles. The Balaban J connectivity index is 1.33. The van der Waals surface area contributed by atoms with Crippen molar-refractivity contribution in [3.8, 4) is 28.6 Å². The minimum atomic E-state index is -1.18. The third kappa shape index (κ3) is 6.10. The van der Waals surface area contributed by atoms with Gasteiger partial charge in [-0.25, -0.2) is 9.67 Å². The van der Waals surface area contributed by atoms with Crippen LogP contribution >= 0.6 is 0 Å². The molecule has 0 aliphatic carbocycles. The number of benzene rings is 5. The van der Waals surface area contributed by atoms with Crippen molar-refractivity contribution in [2.45, 2.75) is 57.7 Å². The van der Waals surface area contributed by atoms with Crippen LogP contribution in [-0.4, -0.2) is 34.9 Å². The first-order valence-corrected chi connectivity index (χ1v) is 17.8. The van der Waals surface area contributed by atoms with E-state index >= 15 is 0 Å². The predicted octanol–water partition coefficient (Wildman–Crippen LogP) is 8.53. The van der Waals surface area contributed by atoms with E-state index in [1.54, 1.807) is 6.92 Å². The van der Waals surface area contributed by atoms with Crippen LogP contribution in [0.5, 0.6) is 0 Å². The Labute approximate surface area is 304 Å². The van der Waals surface area contributed by atoms with Crippen LogP contribution in [0.3, 0.4) is 0 Å². The van der Waals surface area contributed by atoms with Crippen molar-refractivity contribution in [2.75, 3.05) is 0 Å². The SMILES string of the molecule is CCCc1nc(C(C)(O)CC)c(C#N)n1Cc1ccc(-c2ccccc2-c2nnnn2C(c2ccccc2)(c2ccccc2)c2ccccc2)cc1. The fourth-order valence-corrected chi connectivity index (χ4v) is 7.13. The molecule has 1 atom stereocenters. The summed E-state index contributed by atoms with van der Waals surface area (Å²) < 4.78 is 3.91. The van der Waals surface area contributed by atoms with E-state index in [2.05, 4.69) is 127 Å². The summed E-state index contributed by atoms with van der Waals surface area (Å²) in [5.74, 6) is 1.44. The van der Waals surface area contributed by atoms with Gasteiger partial charge in [0.15, 0.2) is 5.82 Å². The molecule has 0 aliphatic heterocycles. The van der Waals surface area contributed by atoms with Gasteiger partial charge < -0.3 is 9.67 Å². The summed E-state index contributed by atoms with van der Waals surface area (Å²) in [4.78, 5) is 4.78. The number of rotatable bonds is 12. The summed E-state index contributed by atoms with van der Waals surface area (Å²) in [5, 5.41) is 35.0. The van der Waals surface area contributed by atoms with Crippen LogP contribution in [0.25, 0.3) is 22.5 Å². The molecule has 0 spiro atoms. The van der Waals surface area contributed by atoms with Gasteiger partial charge in [0.1, 0.15) is 34.4 Å². The van der Waals surface area contributed by atoms with E-state index in [4.69, 9.17) is 15.3 Å². The highest BCUT2D eigenvalue weighted by molar-refractivity contribution is 5.81. The lowest BCUT2D eigenvalue weighted by Crippen LogP contribution is -2.39. The predicted molar refractivity (Wildman–Crippen MR) is 203 cm³/mol. The van der Waals surface area contributed by atoms with E-state index in [0.29, 0.717) is 36.6 Å². The molecule has 2 heterocycles. The Morgan fingerprint density at radius 1 is 0.712 bits per heavy atom. The van der Waals surface area contributed by atoms with Gasteiger partial charge in [-0.2, -0.15) is 5.26 Å². The zero-order valence-corrected chi connectivity index (χ0v) is 29.7. The Bertz CT molecular complexity index is 2210. The maximum Gasteiger partial charge on any atom is 0.184 e. The first kappa shape index (κ1) is 34.3. The van der Waals surface area contributed by atoms with Gasteiger partial charge in [0.25, 0.3) is 0 Å². The molecule has 0 fully saturated rings. The highest BCUT2D eigenvalue weighted by atomic mass is 16.3. The van der Waals surface area contributed by atoms with Crippen LogP contribution in [0.1, 0.15) is 73.1 Å². The summed E-state index contributed by atoms with van der Waals surface area (Å²) in [6, 6.07) is 50.1. The van der Waals surface area contributed by atoms with Crippen molar-refractivity contribution >= 4 is 0 Å². The van der Waals surface area contributed by atoms with Crippen molar-refractivity contribution in [2.24, 2.45) is 0 Å². The molecule has 8 nitrogen and oxygen atoms in total. The Kier molecular flexibility index (Phi) is 9.62. The second-order valence-corrected chi connectivity index (χ2v) is 13.3. The van der Waals surface area contributed by atoms with E-state index in [0.717, 1.165) is 51.2 Å². The monoisotopic (exact) mass is 683 g/mol. The largest absolute Gasteiger partial charge is 0.384 e. The highest BCUT2D eigenvalue weighted by Crippen LogP contribution is 2.43. The number of hydrogen-bond donors (Lipinski definition) is 1. The number of aliphatic hydroxyl groups is 1. The molecule has 52 heavy (non-hydrogen) atoms. The second-order valence-electron chi connectivity index (χ2n) is 13.3. The van der Waals surface area contributed by atoms with E-state index in [9.17, 15) is 10.4 Å². The topological polar surface area (TPSA) is 105 Å². The van der Waals surface area contributed by atoms with Crippen LogP contribution in [0.4, 0.5) is 0 Å². The summed E-state index contributed by atoms with van der Waals surface area (Å²) in [5.41, 5.74) is 5.81. The molecule has 0 saturated heterocycles. The normalized spacial score (nSPS) is 12.7. The second kappa shape index (κ2) is 14.6. The molecule has 0 radical (unpaired) electrons. The molecule has 0 aliphatic rings. The molecule has 1 N–H and O–H groups in total. The summed E-state index contributed by atoms with van der Waals surface area (Å²) >= 11 is 0. The zero-order valence-electron chi connectivity index (χ0n) is 29.7. The Hall–Kier alpha value is -6.17. The maximum absolute atomic E-state index is 11.1. The Morgan fingerprint density at radius 3 is 1.77 bits per heavy atom. The van der Waals surface area contributed by atoms with E-state index in [1.165, 1.54) is 0 Å². The minimum Gasteiger partial charge on any atom is -0.384 e. The van der Waals surface area contributed by atoms with Crippen molar-refractivity contribution in [1.29, 1.82) is 5.26 Å². The highest BCUT2D eigenvalue weighted by Gasteiger charge is 2.42. The molecule has 0 saturated carbocycles. The number of aryl methyl sites for hydroxylation is 1. The minimum absolute atomic E-state index is 0.412. The van der Waals surface area contributed by atoms with E-state index < -0.39 is 11.1 Å². The number of hydrogen-bond acceptors (Lipinski definition) is 6. The van der Waals surface area contributed by atoms with Crippen molar-refractivity contribution in [3.63, 3.8) is 0 Å². The lowest BCUT2D eigenvalue weighted by Gasteiger charge is -2.36. The molecule has 0 bridgehead atoms. The molecule has 258 valence electrons. The number of aromatic nitrogens is 6. The average Bonchev–Trinajstić information content (AvgIpc) is 3.83. The molecular formula is C44H41N7O. The van der Waals surface area contributed by atoms with Crippen molar-refractivity contribution < 1.29 is 5.11 Å². The zero-order chi connectivity index (χ0) is 36.1. The van der Waals surface area contributed by atoms with Gasteiger partial charge in [-0.15, -0.1) is 5.10 Å². The van der Waals surface area contributed by atoms with Gasteiger partial charge in [0, 0.05) is 18.5 Å². The lowest BCUT2D eigenvalue weighted by atomic mass is 9.77. The summed E-state index contributed by atoms with van der Waals surface area (Å²) in [6.07, 6.45) is 2.06. The standard InChI is InChI=1S/C44H41N7O/c1-4-17-40-46-41(43(3,52)5-2)39(30-45)50(40)31-32-26-28-33(29-27-32)37-24-15-16-25-38(37)42-47-48-49-51(42)44(34-18-9-6-10-19-34,35-20-11-7-12-21-35)36-22-13-8-14-23-36/h6-16,18-29,52H,4-5,17,31H2,1-3H3. The third-order valence-electron chi connectivity index (χ3n) is 9.96.